The van der Waals surface area contributed by atoms with Crippen LogP contribution in [0.15, 0.2) is 48.5 Å². The minimum Gasteiger partial charge on any atom is -0.462 e. The molecule has 0 aromatic heterocycles. The number of amides is 1. The summed E-state index contributed by atoms with van der Waals surface area (Å²) in [5.74, 6) is -2.08. The molecule has 0 heterocycles. The van der Waals surface area contributed by atoms with E-state index in [-0.39, 0.29) is 30.0 Å². The third-order valence-electron chi connectivity index (χ3n) is 4.10. The molecule has 29 heavy (non-hydrogen) atoms. The normalized spacial score (nSPS) is 12.1. The Balaban J connectivity index is 2.42. The minimum absolute atomic E-state index is 0.0782. The number of para-hydroxylation sites is 2. The number of ether oxygens (including phenoxy) is 1. The molecule has 0 fully saturated rings. The highest BCUT2D eigenvalue weighted by molar-refractivity contribution is 7.92. The number of nitrogens with one attached hydrogen (secondary N) is 1. The molecular formula is C20H23FN2O5S. The second-order valence-electron chi connectivity index (χ2n) is 6.19. The lowest BCUT2D eigenvalue weighted by atomic mass is 10.1. The summed E-state index contributed by atoms with van der Waals surface area (Å²) < 4.78 is 44.9. The maximum atomic E-state index is 14.3. The average Bonchev–Trinajstić information content (AvgIpc) is 2.66. The Labute approximate surface area is 169 Å². The fourth-order valence-corrected chi connectivity index (χ4v) is 4.07. The smallest absolute Gasteiger partial charge is 0.340 e. The average molecular weight is 422 g/mol. The lowest BCUT2D eigenvalue weighted by Crippen LogP contribution is -2.47. The Morgan fingerprint density at radius 2 is 1.72 bits per heavy atom. The lowest BCUT2D eigenvalue weighted by molar-refractivity contribution is -0.117. The summed E-state index contributed by atoms with van der Waals surface area (Å²) >= 11 is 0. The number of hydrogen-bond acceptors (Lipinski definition) is 5. The van der Waals surface area contributed by atoms with Gasteiger partial charge >= 0.3 is 5.97 Å². The van der Waals surface area contributed by atoms with Gasteiger partial charge in [-0.25, -0.2) is 17.6 Å². The molecule has 0 radical (unpaired) electrons. The van der Waals surface area contributed by atoms with E-state index in [1.54, 1.807) is 26.0 Å². The Morgan fingerprint density at radius 3 is 2.31 bits per heavy atom. The van der Waals surface area contributed by atoms with E-state index in [0.29, 0.717) is 0 Å². The Morgan fingerprint density at radius 1 is 1.10 bits per heavy atom. The number of hydrogen-bond donors (Lipinski definition) is 1. The molecule has 0 saturated heterocycles. The van der Waals surface area contributed by atoms with Gasteiger partial charge in [-0.15, -0.1) is 0 Å². The van der Waals surface area contributed by atoms with Crippen molar-refractivity contribution in [1.82, 2.24) is 0 Å². The lowest BCUT2D eigenvalue weighted by Gasteiger charge is -2.30. The van der Waals surface area contributed by atoms with Crippen molar-refractivity contribution in [3.05, 3.63) is 59.9 Å². The first-order valence-electron chi connectivity index (χ1n) is 9.01. The summed E-state index contributed by atoms with van der Waals surface area (Å²) in [6, 6.07) is 10.3. The van der Waals surface area contributed by atoms with Crippen molar-refractivity contribution in [2.24, 2.45) is 0 Å². The van der Waals surface area contributed by atoms with Crippen LogP contribution in [0, 0.1) is 5.82 Å². The third kappa shape index (κ3) is 5.32. The number of esters is 1. The summed E-state index contributed by atoms with van der Waals surface area (Å²) in [7, 11) is -3.98. The van der Waals surface area contributed by atoms with E-state index in [4.69, 9.17) is 4.74 Å². The number of anilines is 2. The predicted octanol–water partition coefficient (Wildman–Crippen LogP) is 3.19. The Bertz CT molecular complexity index is 994. The Kier molecular flexibility index (Phi) is 7.33. The number of nitrogens with zero attached hydrogens (tertiary/aromatic N) is 1. The molecule has 2 aromatic carbocycles. The fourth-order valence-electron chi connectivity index (χ4n) is 2.86. The molecule has 0 saturated carbocycles. The van der Waals surface area contributed by atoms with Gasteiger partial charge in [0.05, 0.1) is 29.8 Å². The number of halogens is 1. The standard InChI is InChI=1S/C20H23FN2O5S/c1-4-17(23(29(3,26)27)18-13-9-7-11-15(18)21)19(24)22-16-12-8-6-10-14(16)20(25)28-5-2/h6-13,17H,4-5H2,1-3H3,(H,22,24)/t17-/m0/s1. The van der Waals surface area contributed by atoms with Gasteiger partial charge in [-0.05, 0) is 37.6 Å². The number of rotatable bonds is 8. The third-order valence-corrected chi connectivity index (χ3v) is 5.27. The van der Waals surface area contributed by atoms with E-state index in [1.165, 1.54) is 30.3 Å². The van der Waals surface area contributed by atoms with Gasteiger partial charge in [0.25, 0.3) is 0 Å². The first-order valence-corrected chi connectivity index (χ1v) is 10.9. The minimum atomic E-state index is -3.98. The zero-order chi connectivity index (χ0) is 21.6. The van der Waals surface area contributed by atoms with Gasteiger partial charge in [0.15, 0.2) is 0 Å². The van der Waals surface area contributed by atoms with E-state index in [1.807, 2.05) is 0 Å². The molecular weight excluding hydrogens is 399 g/mol. The van der Waals surface area contributed by atoms with Crippen LogP contribution < -0.4 is 9.62 Å². The van der Waals surface area contributed by atoms with Crippen molar-refractivity contribution in [3.63, 3.8) is 0 Å². The first kappa shape index (κ1) is 22.4. The summed E-state index contributed by atoms with van der Waals surface area (Å²) in [5.41, 5.74) is 0.0846. The van der Waals surface area contributed by atoms with Crippen molar-refractivity contribution in [2.45, 2.75) is 26.3 Å². The van der Waals surface area contributed by atoms with E-state index < -0.39 is 33.8 Å². The molecule has 1 atom stereocenters. The zero-order valence-electron chi connectivity index (χ0n) is 16.4. The molecule has 9 heteroatoms. The molecule has 0 spiro atoms. The molecule has 2 aromatic rings. The summed E-state index contributed by atoms with van der Waals surface area (Å²) in [6.45, 7) is 3.43. The maximum absolute atomic E-state index is 14.3. The highest BCUT2D eigenvalue weighted by Gasteiger charge is 2.33. The van der Waals surface area contributed by atoms with Gasteiger partial charge in [-0.2, -0.15) is 0 Å². The maximum Gasteiger partial charge on any atom is 0.340 e. The number of carbonyl (C=O) groups is 2. The van der Waals surface area contributed by atoms with Crippen molar-refractivity contribution in [2.75, 3.05) is 22.5 Å². The summed E-state index contributed by atoms with van der Waals surface area (Å²) in [6.07, 6.45) is 0.983. The Hall–Kier alpha value is -2.94. The van der Waals surface area contributed by atoms with Crippen molar-refractivity contribution < 1.29 is 27.1 Å². The first-order chi connectivity index (χ1) is 13.7. The van der Waals surface area contributed by atoms with Gasteiger partial charge in [-0.3, -0.25) is 9.10 Å². The molecule has 2 rings (SSSR count). The number of carbonyl (C=O) groups excluding carboxylic acids is 2. The number of benzene rings is 2. The molecule has 0 aliphatic carbocycles. The summed E-state index contributed by atoms with van der Waals surface area (Å²) in [4.78, 5) is 25.1. The van der Waals surface area contributed by atoms with Gasteiger partial charge in [0, 0.05) is 0 Å². The highest BCUT2D eigenvalue weighted by Crippen LogP contribution is 2.26. The van der Waals surface area contributed by atoms with Crippen molar-refractivity contribution in [3.8, 4) is 0 Å². The van der Waals surface area contributed by atoms with Gasteiger partial charge in [0.2, 0.25) is 15.9 Å². The quantitative estimate of drug-likeness (QED) is 0.660. The molecule has 0 aliphatic heterocycles. The van der Waals surface area contributed by atoms with Crippen molar-refractivity contribution in [1.29, 1.82) is 0 Å². The van der Waals surface area contributed by atoms with Gasteiger partial charge in [0.1, 0.15) is 11.9 Å². The number of sulfonamides is 1. The largest absolute Gasteiger partial charge is 0.462 e. The molecule has 1 amide bonds. The second kappa shape index (κ2) is 9.51. The SMILES string of the molecule is CCOC(=O)c1ccccc1NC(=O)[C@H](CC)N(c1ccccc1F)S(C)(=O)=O. The van der Waals surface area contributed by atoms with E-state index in [2.05, 4.69) is 5.32 Å². The van der Waals surface area contributed by atoms with Crippen LogP contribution in [0.25, 0.3) is 0 Å². The van der Waals surface area contributed by atoms with Crippen LogP contribution in [0.1, 0.15) is 30.6 Å². The van der Waals surface area contributed by atoms with Crippen LogP contribution >= 0.6 is 0 Å². The van der Waals surface area contributed by atoms with Gasteiger partial charge in [-0.1, -0.05) is 31.2 Å². The van der Waals surface area contributed by atoms with Gasteiger partial charge < -0.3 is 10.1 Å². The summed E-state index contributed by atoms with van der Waals surface area (Å²) in [5, 5.41) is 2.57. The highest BCUT2D eigenvalue weighted by atomic mass is 32.2. The van der Waals surface area contributed by atoms with E-state index >= 15 is 0 Å². The predicted molar refractivity (Wildman–Crippen MR) is 109 cm³/mol. The molecule has 0 unspecified atom stereocenters. The van der Waals surface area contributed by atoms with Crippen LogP contribution in [0.3, 0.4) is 0 Å². The van der Waals surface area contributed by atoms with Crippen molar-refractivity contribution >= 4 is 33.3 Å². The van der Waals surface area contributed by atoms with Crippen LogP contribution in [0.4, 0.5) is 15.8 Å². The van der Waals surface area contributed by atoms with E-state index in [0.717, 1.165) is 16.6 Å². The topological polar surface area (TPSA) is 92.8 Å². The molecule has 0 aliphatic rings. The van der Waals surface area contributed by atoms with Crippen LogP contribution in [-0.2, 0) is 19.6 Å². The molecule has 0 bridgehead atoms. The van der Waals surface area contributed by atoms with Crippen LogP contribution in [0.5, 0.6) is 0 Å². The molecule has 1 N–H and O–H groups in total. The molecule has 7 nitrogen and oxygen atoms in total. The zero-order valence-corrected chi connectivity index (χ0v) is 17.2. The van der Waals surface area contributed by atoms with Crippen LogP contribution in [0.2, 0.25) is 0 Å². The van der Waals surface area contributed by atoms with E-state index in [9.17, 15) is 22.4 Å². The monoisotopic (exact) mass is 422 g/mol. The fraction of sp³-hybridized carbons (Fsp3) is 0.300. The second-order valence-corrected chi connectivity index (χ2v) is 8.05. The van der Waals surface area contributed by atoms with Crippen LogP contribution in [-0.4, -0.2) is 39.2 Å². The molecule has 156 valence electrons.